The summed E-state index contributed by atoms with van der Waals surface area (Å²) in [6, 6.07) is 0.166. The molecule has 6 heteroatoms. The van der Waals surface area contributed by atoms with Crippen molar-refractivity contribution in [2.75, 3.05) is 20.3 Å². The minimum atomic E-state index is -0.401. The lowest BCUT2D eigenvalue weighted by Crippen LogP contribution is -2.65. The fourth-order valence-electron chi connectivity index (χ4n) is 2.82. The maximum absolute atomic E-state index is 11.9. The Balaban J connectivity index is 1.79. The van der Waals surface area contributed by atoms with Gasteiger partial charge in [-0.3, -0.25) is 9.59 Å². The van der Waals surface area contributed by atoms with Gasteiger partial charge in [0, 0.05) is 25.7 Å². The number of fused-ring (bicyclic) bond motifs is 1. The number of amides is 2. The van der Waals surface area contributed by atoms with Gasteiger partial charge in [0.15, 0.2) is 0 Å². The number of ether oxygens (including phenoxy) is 1. The average Bonchev–Trinajstić information content (AvgIpc) is 2.40. The predicted molar refractivity (Wildman–Crippen MR) is 70.6 cm³/mol. The number of rotatable bonds is 5. The van der Waals surface area contributed by atoms with Crippen LogP contribution >= 0.6 is 0 Å². The summed E-state index contributed by atoms with van der Waals surface area (Å²) in [6.07, 6.45) is 4.67. The molecule has 1 saturated carbocycles. The van der Waals surface area contributed by atoms with Crippen molar-refractivity contribution in [1.82, 2.24) is 16.0 Å². The van der Waals surface area contributed by atoms with Crippen LogP contribution in [0.25, 0.3) is 0 Å². The van der Waals surface area contributed by atoms with E-state index >= 15 is 0 Å². The van der Waals surface area contributed by atoms with Gasteiger partial charge in [-0.05, 0) is 12.8 Å². The van der Waals surface area contributed by atoms with Crippen molar-refractivity contribution >= 4 is 11.8 Å². The average molecular weight is 269 g/mol. The van der Waals surface area contributed by atoms with Crippen molar-refractivity contribution in [3.63, 3.8) is 0 Å². The van der Waals surface area contributed by atoms with Gasteiger partial charge < -0.3 is 20.7 Å². The van der Waals surface area contributed by atoms with Gasteiger partial charge in [0.25, 0.3) is 0 Å². The highest BCUT2D eigenvalue weighted by Gasteiger charge is 2.36. The van der Waals surface area contributed by atoms with Gasteiger partial charge in [0.1, 0.15) is 0 Å². The first-order chi connectivity index (χ1) is 9.20. The highest BCUT2D eigenvalue weighted by atomic mass is 16.5. The molecule has 0 aromatic rings. The van der Waals surface area contributed by atoms with E-state index in [9.17, 15) is 9.59 Å². The van der Waals surface area contributed by atoms with E-state index < -0.39 is 6.04 Å². The molecule has 1 aliphatic carbocycles. The number of carbonyl (C=O) groups is 2. The molecule has 1 aliphatic heterocycles. The quantitative estimate of drug-likeness (QED) is 0.590. The predicted octanol–water partition coefficient (Wildman–Crippen LogP) is -0.462. The van der Waals surface area contributed by atoms with Crippen molar-refractivity contribution in [2.24, 2.45) is 0 Å². The monoisotopic (exact) mass is 269 g/mol. The molecule has 3 N–H and O–H groups in total. The van der Waals surface area contributed by atoms with E-state index in [1.54, 1.807) is 7.11 Å². The number of carbonyl (C=O) groups excluding carboxylic acids is 2. The number of nitrogens with one attached hydrogen (secondary N) is 3. The Morgan fingerprint density at radius 2 is 2.11 bits per heavy atom. The molecule has 3 atom stereocenters. The molecular weight excluding hydrogens is 246 g/mol. The Morgan fingerprint density at radius 3 is 2.84 bits per heavy atom. The number of hydrogen-bond acceptors (Lipinski definition) is 4. The van der Waals surface area contributed by atoms with Gasteiger partial charge >= 0.3 is 0 Å². The van der Waals surface area contributed by atoms with Crippen LogP contribution < -0.4 is 16.0 Å². The SMILES string of the molecule is COCCNC(=O)C[C@H]1N[C@H]2CCCC[C@H]2NC1=O. The maximum atomic E-state index is 11.9. The van der Waals surface area contributed by atoms with Gasteiger partial charge in [-0.15, -0.1) is 0 Å². The molecule has 0 spiro atoms. The third kappa shape index (κ3) is 3.91. The number of hydrogen-bond donors (Lipinski definition) is 3. The van der Waals surface area contributed by atoms with Crippen LogP contribution in [0.1, 0.15) is 32.1 Å². The van der Waals surface area contributed by atoms with Crippen molar-refractivity contribution in [3.05, 3.63) is 0 Å². The number of methoxy groups -OCH3 is 1. The molecule has 2 amide bonds. The zero-order valence-electron chi connectivity index (χ0n) is 11.4. The third-order valence-corrected chi connectivity index (χ3v) is 3.84. The zero-order valence-corrected chi connectivity index (χ0v) is 11.4. The molecule has 0 bridgehead atoms. The molecule has 108 valence electrons. The van der Waals surface area contributed by atoms with E-state index in [-0.39, 0.29) is 24.3 Å². The van der Waals surface area contributed by atoms with Crippen molar-refractivity contribution in [3.8, 4) is 0 Å². The van der Waals surface area contributed by atoms with Gasteiger partial charge in [-0.25, -0.2) is 0 Å². The third-order valence-electron chi connectivity index (χ3n) is 3.84. The van der Waals surface area contributed by atoms with Gasteiger partial charge in [-0.2, -0.15) is 0 Å². The number of piperazine rings is 1. The summed E-state index contributed by atoms with van der Waals surface area (Å²) >= 11 is 0. The van der Waals surface area contributed by atoms with E-state index in [0.717, 1.165) is 12.8 Å². The summed E-state index contributed by atoms with van der Waals surface area (Å²) in [6.45, 7) is 0.969. The molecule has 0 aromatic heterocycles. The van der Waals surface area contributed by atoms with Crippen LogP contribution in [0.4, 0.5) is 0 Å². The van der Waals surface area contributed by atoms with Crippen LogP contribution in [0.3, 0.4) is 0 Å². The molecule has 2 fully saturated rings. The van der Waals surface area contributed by atoms with Gasteiger partial charge in [-0.1, -0.05) is 12.8 Å². The van der Waals surface area contributed by atoms with Crippen LogP contribution in [-0.4, -0.2) is 50.2 Å². The van der Waals surface area contributed by atoms with Crippen molar-refractivity contribution < 1.29 is 14.3 Å². The second-order valence-corrected chi connectivity index (χ2v) is 5.27. The summed E-state index contributed by atoms with van der Waals surface area (Å²) in [7, 11) is 1.59. The van der Waals surface area contributed by atoms with Crippen molar-refractivity contribution in [2.45, 2.75) is 50.2 Å². The summed E-state index contributed by atoms with van der Waals surface area (Å²) < 4.78 is 4.86. The fraction of sp³-hybridized carbons (Fsp3) is 0.846. The Kier molecular flexibility index (Phi) is 5.15. The topological polar surface area (TPSA) is 79.5 Å². The lowest BCUT2D eigenvalue weighted by Gasteiger charge is -2.40. The Hall–Kier alpha value is -1.14. The first kappa shape index (κ1) is 14.3. The molecule has 1 saturated heterocycles. The summed E-state index contributed by atoms with van der Waals surface area (Å²) in [5.41, 5.74) is 0. The largest absolute Gasteiger partial charge is 0.383 e. The van der Waals surface area contributed by atoms with Gasteiger partial charge in [0.05, 0.1) is 19.1 Å². The summed E-state index contributed by atoms with van der Waals surface area (Å²) in [4.78, 5) is 23.6. The molecule has 2 rings (SSSR count). The minimum absolute atomic E-state index is 0.0509. The molecule has 19 heavy (non-hydrogen) atoms. The Bertz CT molecular complexity index is 335. The van der Waals surface area contributed by atoms with E-state index in [0.29, 0.717) is 19.2 Å². The summed E-state index contributed by atoms with van der Waals surface area (Å²) in [5, 5.41) is 9.10. The Labute approximate surface area is 113 Å². The van der Waals surface area contributed by atoms with Crippen LogP contribution in [0.5, 0.6) is 0 Å². The highest BCUT2D eigenvalue weighted by molar-refractivity contribution is 5.89. The fourth-order valence-corrected chi connectivity index (χ4v) is 2.82. The van der Waals surface area contributed by atoms with Crippen LogP contribution in [0.2, 0.25) is 0 Å². The smallest absolute Gasteiger partial charge is 0.237 e. The van der Waals surface area contributed by atoms with E-state index in [1.165, 1.54) is 12.8 Å². The molecule has 0 unspecified atom stereocenters. The standard InChI is InChI=1S/C13H23N3O3/c1-19-7-6-14-12(17)8-11-13(18)16-10-5-3-2-4-9(10)15-11/h9-11,15H,2-8H2,1H3,(H,14,17)(H,16,18)/t9-,10+,11+/m0/s1. The molecule has 0 aromatic carbocycles. The lowest BCUT2D eigenvalue weighted by atomic mass is 9.87. The first-order valence-corrected chi connectivity index (χ1v) is 7.03. The van der Waals surface area contributed by atoms with E-state index in [4.69, 9.17) is 4.74 Å². The Morgan fingerprint density at radius 1 is 1.37 bits per heavy atom. The van der Waals surface area contributed by atoms with Crippen LogP contribution in [0, 0.1) is 0 Å². The van der Waals surface area contributed by atoms with Crippen LogP contribution in [0.15, 0.2) is 0 Å². The molecular formula is C13H23N3O3. The molecule has 6 nitrogen and oxygen atoms in total. The second-order valence-electron chi connectivity index (χ2n) is 5.27. The highest BCUT2D eigenvalue weighted by Crippen LogP contribution is 2.22. The lowest BCUT2D eigenvalue weighted by molar-refractivity contribution is -0.131. The van der Waals surface area contributed by atoms with E-state index in [1.807, 2.05) is 0 Å². The van der Waals surface area contributed by atoms with Crippen molar-refractivity contribution in [1.29, 1.82) is 0 Å². The molecule has 0 radical (unpaired) electrons. The van der Waals surface area contributed by atoms with Gasteiger partial charge in [0.2, 0.25) is 11.8 Å². The normalized spacial score (nSPS) is 30.4. The maximum Gasteiger partial charge on any atom is 0.237 e. The molecule has 1 heterocycles. The second kappa shape index (κ2) is 6.86. The van der Waals surface area contributed by atoms with Crippen LogP contribution in [-0.2, 0) is 14.3 Å². The first-order valence-electron chi connectivity index (χ1n) is 7.03. The molecule has 2 aliphatic rings. The van der Waals surface area contributed by atoms with E-state index in [2.05, 4.69) is 16.0 Å². The summed E-state index contributed by atoms with van der Waals surface area (Å²) in [5.74, 6) is -0.163. The minimum Gasteiger partial charge on any atom is -0.383 e. The zero-order chi connectivity index (χ0) is 13.7.